The smallest absolute Gasteiger partial charge is 0.198 e. The Labute approximate surface area is 96.5 Å². The van der Waals surface area contributed by atoms with E-state index in [1.54, 1.807) is 6.20 Å². The summed E-state index contributed by atoms with van der Waals surface area (Å²) in [4.78, 5) is 4.21. The highest BCUT2D eigenvalue weighted by atomic mass is 127. The lowest BCUT2D eigenvalue weighted by Crippen LogP contribution is -1.86. The van der Waals surface area contributed by atoms with Crippen LogP contribution in [-0.2, 0) is 10.8 Å². The van der Waals surface area contributed by atoms with Crippen LogP contribution in [0, 0.1) is 0 Å². The summed E-state index contributed by atoms with van der Waals surface area (Å²) in [7, 11) is 0. The lowest BCUT2D eigenvalue weighted by molar-refractivity contribution is 0.480. The van der Waals surface area contributed by atoms with Gasteiger partial charge in [-0.25, -0.2) is 4.98 Å². The van der Waals surface area contributed by atoms with Gasteiger partial charge in [0.2, 0.25) is 0 Å². The first kappa shape index (κ1) is 9.71. The van der Waals surface area contributed by atoms with Gasteiger partial charge in [0.1, 0.15) is 5.76 Å². The largest absolute Gasteiger partial charge is 0.445 e. The number of alkyl halides is 1. The third-order valence-electron chi connectivity index (χ3n) is 1.93. The van der Waals surface area contributed by atoms with Crippen LogP contribution in [0.25, 0.3) is 0 Å². The van der Waals surface area contributed by atoms with Crippen LogP contribution in [-0.4, -0.2) is 4.98 Å². The lowest BCUT2D eigenvalue weighted by atomic mass is 10.2. The van der Waals surface area contributed by atoms with E-state index in [0.29, 0.717) is 0 Å². The summed E-state index contributed by atoms with van der Waals surface area (Å²) in [6.07, 6.45) is 2.57. The van der Waals surface area contributed by atoms with Crippen molar-refractivity contribution in [1.29, 1.82) is 0 Å². The topological polar surface area (TPSA) is 26.0 Å². The summed E-state index contributed by atoms with van der Waals surface area (Å²) in [5.74, 6) is 1.74. The highest BCUT2D eigenvalue weighted by Gasteiger charge is 2.02. The average molecular weight is 299 g/mol. The van der Waals surface area contributed by atoms with Crippen LogP contribution in [0.2, 0.25) is 0 Å². The zero-order chi connectivity index (χ0) is 9.80. The fraction of sp³-hybridized carbons (Fsp3) is 0.182. The third-order valence-corrected chi connectivity index (χ3v) is 2.68. The van der Waals surface area contributed by atoms with Crippen LogP contribution < -0.4 is 0 Å². The molecule has 2 nitrogen and oxygen atoms in total. The minimum atomic E-state index is 0.775. The molecule has 0 radical (unpaired) electrons. The molecule has 0 spiro atoms. The Morgan fingerprint density at radius 1 is 1.21 bits per heavy atom. The molecule has 0 fully saturated rings. The van der Waals surface area contributed by atoms with E-state index in [4.69, 9.17) is 4.42 Å². The van der Waals surface area contributed by atoms with Gasteiger partial charge in [0, 0.05) is 6.42 Å². The molecule has 0 amide bonds. The van der Waals surface area contributed by atoms with Gasteiger partial charge in [0.15, 0.2) is 5.89 Å². The highest BCUT2D eigenvalue weighted by molar-refractivity contribution is 14.1. The van der Waals surface area contributed by atoms with Crippen LogP contribution in [0.3, 0.4) is 0 Å². The van der Waals surface area contributed by atoms with Crippen molar-refractivity contribution in [2.24, 2.45) is 0 Å². The second-order valence-corrected chi connectivity index (χ2v) is 3.78. The summed E-state index contributed by atoms with van der Waals surface area (Å²) >= 11 is 2.26. The Hall–Kier alpha value is -0.840. The quantitative estimate of drug-likeness (QED) is 0.642. The van der Waals surface area contributed by atoms with E-state index in [-0.39, 0.29) is 0 Å². The Balaban J connectivity index is 2.11. The van der Waals surface area contributed by atoms with Crippen LogP contribution in [0.1, 0.15) is 17.2 Å². The fourth-order valence-corrected chi connectivity index (χ4v) is 1.61. The number of nitrogens with zero attached hydrogens (tertiary/aromatic N) is 1. The van der Waals surface area contributed by atoms with Gasteiger partial charge in [0.25, 0.3) is 0 Å². The van der Waals surface area contributed by atoms with Crippen molar-refractivity contribution >= 4 is 22.6 Å². The standard InChI is InChI=1S/C11H10INO/c12-7-10-8-13-11(14-10)6-9-4-2-1-3-5-9/h1-5,8H,6-7H2. The minimum absolute atomic E-state index is 0.775. The number of hydrogen-bond donors (Lipinski definition) is 0. The molecule has 0 aliphatic rings. The van der Waals surface area contributed by atoms with Crippen LogP contribution in [0.5, 0.6) is 0 Å². The van der Waals surface area contributed by atoms with E-state index in [1.807, 2.05) is 18.2 Å². The number of aromatic nitrogens is 1. The highest BCUT2D eigenvalue weighted by Crippen LogP contribution is 2.12. The first-order valence-corrected chi connectivity index (χ1v) is 5.94. The van der Waals surface area contributed by atoms with Crippen molar-refractivity contribution in [2.75, 3.05) is 0 Å². The summed E-state index contributed by atoms with van der Waals surface area (Å²) in [6, 6.07) is 10.2. The van der Waals surface area contributed by atoms with Gasteiger partial charge in [-0.2, -0.15) is 0 Å². The van der Waals surface area contributed by atoms with Crippen molar-refractivity contribution in [3.8, 4) is 0 Å². The second kappa shape index (κ2) is 4.59. The van der Waals surface area contributed by atoms with Gasteiger partial charge < -0.3 is 4.42 Å². The maximum Gasteiger partial charge on any atom is 0.198 e. The molecule has 0 saturated carbocycles. The molecule has 0 aliphatic heterocycles. The van der Waals surface area contributed by atoms with E-state index in [0.717, 1.165) is 22.5 Å². The Bertz CT molecular complexity index is 397. The molecule has 72 valence electrons. The molecule has 0 atom stereocenters. The van der Waals surface area contributed by atoms with E-state index in [1.165, 1.54) is 5.56 Å². The average Bonchev–Trinajstić information content (AvgIpc) is 2.67. The predicted octanol–water partition coefficient (Wildman–Crippen LogP) is 3.20. The normalized spacial score (nSPS) is 10.4. The lowest BCUT2D eigenvalue weighted by Gasteiger charge is -1.95. The van der Waals surface area contributed by atoms with Crippen molar-refractivity contribution in [3.63, 3.8) is 0 Å². The molecule has 2 aromatic rings. The van der Waals surface area contributed by atoms with Crippen molar-refractivity contribution < 1.29 is 4.42 Å². The predicted molar refractivity (Wildman–Crippen MR) is 63.5 cm³/mol. The van der Waals surface area contributed by atoms with Crippen LogP contribution in [0.15, 0.2) is 40.9 Å². The zero-order valence-corrected chi connectivity index (χ0v) is 9.77. The molecule has 1 aromatic carbocycles. The number of hydrogen-bond acceptors (Lipinski definition) is 2. The number of halogens is 1. The Kier molecular flexibility index (Phi) is 3.18. The van der Waals surface area contributed by atoms with Gasteiger partial charge in [-0.3, -0.25) is 0 Å². The van der Waals surface area contributed by atoms with Gasteiger partial charge >= 0.3 is 0 Å². The van der Waals surface area contributed by atoms with Crippen molar-refractivity contribution in [1.82, 2.24) is 4.98 Å². The number of rotatable bonds is 3. The molecular weight excluding hydrogens is 289 g/mol. The third kappa shape index (κ3) is 2.35. The van der Waals surface area contributed by atoms with Crippen molar-refractivity contribution in [2.45, 2.75) is 10.8 Å². The molecule has 1 heterocycles. The number of benzene rings is 1. The molecule has 2 rings (SSSR count). The molecule has 0 N–H and O–H groups in total. The Morgan fingerprint density at radius 2 is 2.00 bits per heavy atom. The minimum Gasteiger partial charge on any atom is -0.445 e. The zero-order valence-electron chi connectivity index (χ0n) is 7.61. The van der Waals surface area contributed by atoms with E-state index in [2.05, 4.69) is 39.7 Å². The molecular formula is C11H10INO. The molecule has 14 heavy (non-hydrogen) atoms. The fourth-order valence-electron chi connectivity index (χ4n) is 1.26. The first-order valence-electron chi connectivity index (χ1n) is 4.42. The number of oxazole rings is 1. The second-order valence-electron chi connectivity index (χ2n) is 3.02. The van der Waals surface area contributed by atoms with E-state index < -0.39 is 0 Å². The first-order chi connectivity index (χ1) is 6.88. The van der Waals surface area contributed by atoms with Gasteiger partial charge in [-0.1, -0.05) is 52.9 Å². The molecule has 0 saturated heterocycles. The van der Waals surface area contributed by atoms with Crippen molar-refractivity contribution in [3.05, 3.63) is 53.7 Å². The van der Waals surface area contributed by atoms with Crippen LogP contribution in [0.4, 0.5) is 0 Å². The van der Waals surface area contributed by atoms with E-state index in [9.17, 15) is 0 Å². The SMILES string of the molecule is ICc1cnc(Cc2ccccc2)o1. The summed E-state index contributed by atoms with van der Waals surface area (Å²) in [5, 5.41) is 0. The molecule has 1 aromatic heterocycles. The van der Waals surface area contributed by atoms with Crippen LogP contribution >= 0.6 is 22.6 Å². The monoisotopic (exact) mass is 299 g/mol. The maximum atomic E-state index is 5.52. The maximum absolute atomic E-state index is 5.52. The summed E-state index contributed by atoms with van der Waals surface area (Å²) < 4.78 is 6.39. The van der Waals surface area contributed by atoms with E-state index >= 15 is 0 Å². The summed E-state index contributed by atoms with van der Waals surface area (Å²) in [6.45, 7) is 0. The summed E-state index contributed by atoms with van der Waals surface area (Å²) in [5.41, 5.74) is 1.23. The Morgan fingerprint density at radius 3 is 2.64 bits per heavy atom. The van der Waals surface area contributed by atoms with Gasteiger partial charge in [-0.05, 0) is 5.56 Å². The molecule has 0 aliphatic carbocycles. The van der Waals surface area contributed by atoms with Gasteiger partial charge in [0.05, 0.1) is 10.6 Å². The molecule has 0 bridgehead atoms. The molecule has 0 unspecified atom stereocenters. The molecule has 3 heteroatoms. The van der Waals surface area contributed by atoms with Gasteiger partial charge in [-0.15, -0.1) is 0 Å².